The molecule has 2 aromatic carbocycles. The molecule has 134 valence electrons. The number of hydrogen-bond donors (Lipinski definition) is 0. The van der Waals surface area contributed by atoms with E-state index in [1.165, 1.54) is 12.3 Å². The number of aryl methyl sites for hydroxylation is 2. The van der Waals surface area contributed by atoms with E-state index in [2.05, 4.69) is 0 Å². The van der Waals surface area contributed by atoms with E-state index in [0.29, 0.717) is 16.0 Å². The molecule has 0 saturated heterocycles. The van der Waals surface area contributed by atoms with Crippen LogP contribution in [0.15, 0.2) is 56.6 Å². The molecule has 0 saturated carbocycles. The summed E-state index contributed by atoms with van der Waals surface area (Å²) in [4.78, 5) is 24.7. The van der Waals surface area contributed by atoms with Crippen molar-refractivity contribution >= 4 is 27.7 Å². The maximum Gasteiger partial charge on any atom is 0.339 e. The van der Waals surface area contributed by atoms with Gasteiger partial charge < -0.3 is 9.15 Å². The van der Waals surface area contributed by atoms with Gasteiger partial charge in [-0.3, -0.25) is 4.21 Å². The maximum atomic E-state index is 12.4. The first kappa shape index (κ1) is 18.1. The molecule has 26 heavy (non-hydrogen) atoms. The number of rotatable bonds is 4. The van der Waals surface area contributed by atoms with E-state index >= 15 is 0 Å². The fourth-order valence-electron chi connectivity index (χ4n) is 2.71. The Morgan fingerprint density at radius 1 is 1.12 bits per heavy atom. The molecule has 5 nitrogen and oxygen atoms in total. The van der Waals surface area contributed by atoms with E-state index < -0.39 is 22.4 Å². The van der Waals surface area contributed by atoms with Crippen molar-refractivity contribution in [3.63, 3.8) is 0 Å². The van der Waals surface area contributed by atoms with Gasteiger partial charge in [0.25, 0.3) is 0 Å². The molecule has 0 amide bonds. The van der Waals surface area contributed by atoms with Gasteiger partial charge in [0.2, 0.25) is 0 Å². The van der Waals surface area contributed by atoms with Gasteiger partial charge in [0.05, 0.1) is 21.3 Å². The Hall–Kier alpha value is -2.73. The number of ether oxygens (including phenoxy) is 1. The minimum absolute atomic E-state index is 0.0753. The van der Waals surface area contributed by atoms with Crippen LogP contribution in [-0.4, -0.2) is 16.4 Å². The van der Waals surface area contributed by atoms with Crippen LogP contribution < -0.4 is 5.63 Å². The zero-order valence-corrected chi connectivity index (χ0v) is 15.5. The zero-order chi connectivity index (χ0) is 18.8. The van der Waals surface area contributed by atoms with Crippen molar-refractivity contribution in [2.45, 2.75) is 25.3 Å². The van der Waals surface area contributed by atoms with E-state index in [1.54, 1.807) is 30.3 Å². The molecule has 0 N–H and O–H groups in total. The molecule has 0 radical (unpaired) electrons. The molecule has 0 aliphatic carbocycles. The van der Waals surface area contributed by atoms with E-state index in [4.69, 9.17) is 9.15 Å². The Balaban J connectivity index is 1.93. The third-order valence-corrected chi connectivity index (χ3v) is 5.20. The lowest BCUT2D eigenvalue weighted by molar-refractivity contribution is 0.0469. The van der Waals surface area contributed by atoms with Crippen molar-refractivity contribution in [2.75, 3.05) is 6.26 Å². The Labute approximate surface area is 153 Å². The van der Waals surface area contributed by atoms with E-state index in [9.17, 15) is 13.8 Å². The minimum Gasteiger partial charge on any atom is -0.457 e. The number of esters is 1. The van der Waals surface area contributed by atoms with Gasteiger partial charge in [-0.25, -0.2) is 9.59 Å². The van der Waals surface area contributed by atoms with Crippen LogP contribution in [0.25, 0.3) is 11.0 Å². The number of hydrogen-bond acceptors (Lipinski definition) is 5. The van der Waals surface area contributed by atoms with Crippen molar-refractivity contribution < 1.29 is 18.2 Å². The molecule has 1 aromatic heterocycles. The molecule has 0 bridgehead atoms. The lowest BCUT2D eigenvalue weighted by atomic mass is 10.0. The van der Waals surface area contributed by atoms with Crippen molar-refractivity contribution in [3.05, 3.63) is 75.1 Å². The van der Waals surface area contributed by atoms with Crippen LogP contribution in [0.1, 0.15) is 27.0 Å². The standard InChI is InChI=1S/C20H18O5S/c1-12-8-16-14(10-19(21)25-17(16)9-13(12)2)11-24-20(22)15-6-4-5-7-18(15)26(3)23/h4-10H,11H2,1-3H3/t26-/m1/s1. The van der Waals surface area contributed by atoms with E-state index in [0.717, 1.165) is 16.5 Å². The largest absolute Gasteiger partial charge is 0.457 e. The molecule has 0 fully saturated rings. The van der Waals surface area contributed by atoms with Crippen LogP contribution in [0.5, 0.6) is 0 Å². The molecule has 0 aliphatic rings. The topological polar surface area (TPSA) is 73.6 Å². The average molecular weight is 370 g/mol. The van der Waals surface area contributed by atoms with Crippen molar-refractivity contribution in [2.24, 2.45) is 0 Å². The Morgan fingerprint density at radius 3 is 2.54 bits per heavy atom. The summed E-state index contributed by atoms with van der Waals surface area (Å²) in [5.41, 5.74) is 2.85. The number of carbonyl (C=O) groups excluding carboxylic acids is 1. The fraction of sp³-hybridized carbons (Fsp3) is 0.200. The number of fused-ring (bicyclic) bond motifs is 1. The quantitative estimate of drug-likeness (QED) is 0.519. The van der Waals surface area contributed by atoms with Gasteiger partial charge in [-0.15, -0.1) is 0 Å². The molecular formula is C20H18O5S. The van der Waals surface area contributed by atoms with Gasteiger partial charge >= 0.3 is 11.6 Å². The number of carbonyl (C=O) groups is 1. The summed E-state index contributed by atoms with van der Waals surface area (Å²) >= 11 is 0. The van der Waals surface area contributed by atoms with Crippen LogP contribution in [0.2, 0.25) is 0 Å². The fourth-order valence-corrected chi connectivity index (χ4v) is 3.44. The molecule has 0 aliphatic heterocycles. The van der Waals surface area contributed by atoms with Gasteiger partial charge in [0.1, 0.15) is 12.2 Å². The zero-order valence-electron chi connectivity index (χ0n) is 14.7. The summed E-state index contributed by atoms with van der Waals surface area (Å²) in [5, 5.41) is 0.729. The number of benzene rings is 2. The lowest BCUT2D eigenvalue weighted by Gasteiger charge is -2.10. The summed E-state index contributed by atoms with van der Waals surface area (Å²) in [5.74, 6) is -0.582. The molecule has 3 rings (SSSR count). The first-order valence-electron chi connectivity index (χ1n) is 8.00. The summed E-state index contributed by atoms with van der Waals surface area (Å²) in [6.45, 7) is 3.82. The second kappa shape index (κ2) is 7.25. The molecule has 0 unspecified atom stereocenters. The molecule has 1 heterocycles. The Bertz CT molecular complexity index is 1080. The highest BCUT2D eigenvalue weighted by atomic mass is 32.2. The summed E-state index contributed by atoms with van der Waals surface area (Å²) in [6, 6.07) is 11.6. The summed E-state index contributed by atoms with van der Waals surface area (Å²) < 4.78 is 22.4. The van der Waals surface area contributed by atoms with Gasteiger partial charge in [-0.1, -0.05) is 12.1 Å². The second-order valence-corrected chi connectivity index (χ2v) is 7.40. The van der Waals surface area contributed by atoms with Gasteiger partial charge in [-0.05, 0) is 49.2 Å². The lowest BCUT2D eigenvalue weighted by Crippen LogP contribution is -2.10. The normalized spacial score (nSPS) is 12.1. The average Bonchev–Trinajstić information content (AvgIpc) is 2.60. The van der Waals surface area contributed by atoms with Crippen LogP contribution >= 0.6 is 0 Å². The molecule has 3 aromatic rings. The summed E-state index contributed by atoms with van der Waals surface area (Å²) in [7, 11) is -1.31. The van der Waals surface area contributed by atoms with Crippen molar-refractivity contribution in [1.29, 1.82) is 0 Å². The molecular weight excluding hydrogens is 352 g/mol. The predicted molar refractivity (Wildman–Crippen MR) is 99.9 cm³/mol. The van der Waals surface area contributed by atoms with Crippen LogP contribution in [0.3, 0.4) is 0 Å². The highest BCUT2D eigenvalue weighted by Crippen LogP contribution is 2.23. The van der Waals surface area contributed by atoms with Gasteiger partial charge in [-0.2, -0.15) is 0 Å². The third-order valence-electron chi connectivity index (χ3n) is 4.22. The van der Waals surface area contributed by atoms with Crippen LogP contribution in [0.4, 0.5) is 0 Å². The molecule has 0 spiro atoms. The van der Waals surface area contributed by atoms with Gasteiger partial charge in [0, 0.05) is 23.3 Å². The monoisotopic (exact) mass is 370 g/mol. The highest BCUT2D eigenvalue weighted by molar-refractivity contribution is 7.84. The third kappa shape index (κ3) is 3.60. The SMILES string of the molecule is Cc1cc2oc(=O)cc(COC(=O)c3ccccc3[S@@](C)=O)c2cc1C. The summed E-state index contributed by atoms with van der Waals surface area (Å²) in [6.07, 6.45) is 1.51. The predicted octanol–water partition coefficient (Wildman–Crippen LogP) is 3.50. The molecule has 1 atom stereocenters. The molecule has 6 heteroatoms. The van der Waals surface area contributed by atoms with Gasteiger partial charge in [0.15, 0.2) is 0 Å². The van der Waals surface area contributed by atoms with Crippen molar-refractivity contribution in [1.82, 2.24) is 0 Å². The Kier molecular flexibility index (Phi) is 5.04. The van der Waals surface area contributed by atoms with E-state index in [-0.39, 0.29) is 12.2 Å². The van der Waals surface area contributed by atoms with Crippen LogP contribution in [-0.2, 0) is 22.1 Å². The maximum absolute atomic E-state index is 12.4. The van der Waals surface area contributed by atoms with E-state index in [1.807, 2.05) is 19.9 Å². The highest BCUT2D eigenvalue weighted by Gasteiger charge is 2.16. The van der Waals surface area contributed by atoms with Crippen molar-refractivity contribution in [3.8, 4) is 0 Å². The van der Waals surface area contributed by atoms with Crippen LogP contribution in [0, 0.1) is 13.8 Å². The minimum atomic E-state index is -1.31. The second-order valence-electron chi connectivity index (χ2n) is 6.05. The smallest absolute Gasteiger partial charge is 0.339 e. The first-order chi connectivity index (χ1) is 12.4. The Morgan fingerprint density at radius 2 is 1.81 bits per heavy atom. The first-order valence-corrected chi connectivity index (χ1v) is 9.56.